The monoisotopic (exact) mass is 294 g/mol. The topological polar surface area (TPSA) is 63.0 Å². The zero-order valence-electron chi connectivity index (χ0n) is 12.3. The zero-order valence-corrected chi connectivity index (χ0v) is 12.3. The van der Waals surface area contributed by atoms with Gasteiger partial charge < -0.3 is 15.0 Å². The van der Waals surface area contributed by atoms with Crippen LogP contribution in [0.25, 0.3) is 0 Å². The largest absolute Gasteiger partial charge is 0.508 e. The predicted molar refractivity (Wildman–Crippen MR) is 85.7 cm³/mol. The van der Waals surface area contributed by atoms with Crippen molar-refractivity contribution in [3.63, 3.8) is 0 Å². The molecule has 0 amide bonds. The summed E-state index contributed by atoms with van der Waals surface area (Å²) in [6.45, 7) is 2.81. The first-order chi connectivity index (χ1) is 10.7. The summed E-state index contributed by atoms with van der Waals surface area (Å²) in [5.41, 5.74) is 3.26. The van der Waals surface area contributed by atoms with Crippen LogP contribution in [0.1, 0.15) is 24.1 Å². The second-order valence-electron chi connectivity index (χ2n) is 5.30. The number of aromatic nitrogens is 3. The summed E-state index contributed by atoms with van der Waals surface area (Å²) in [4.78, 5) is 0. The molecule has 0 aliphatic heterocycles. The quantitative estimate of drug-likeness (QED) is 0.758. The molecule has 3 rings (SSSR count). The SMILES string of the molecule is C[C@@H](Nc1cccc(Cn2cnnc2)c1)c1cccc(O)c1. The van der Waals surface area contributed by atoms with Gasteiger partial charge in [-0.15, -0.1) is 10.2 Å². The third kappa shape index (κ3) is 3.44. The Morgan fingerprint density at radius 3 is 2.64 bits per heavy atom. The fourth-order valence-electron chi connectivity index (χ4n) is 2.40. The Morgan fingerprint density at radius 1 is 1.09 bits per heavy atom. The first-order valence-corrected chi connectivity index (χ1v) is 7.17. The van der Waals surface area contributed by atoms with Crippen molar-refractivity contribution >= 4 is 5.69 Å². The van der Waals surface area contributed by atoms with Crippen molar-refractivity contribution in [3.8, 4) is 5.75 Å². The lowest BCUT2D eigenvalue weighted by molar-refractivity contribution is 0.474. The van der Waals surface area contributed by atoms with Crippen LogP contribution in [-0.4, -0.2) is 19.9 Å². The summed E-state index contributed by atoms with van der Waals surface area (Å²) in [5.74, 6) is 0.285. The lowest BCUT2D eigenvalue weighted by Crippen LogP contribution is -2.07. The fraction of sp³-hybridized carbons (Fsp3) is 0.176. The Bertz CT molecular complexity index is 740. The lowest BCUT2D eigenvalue weighted by atomic mass is 10.1. The Kier molecular flexibility index (Phi) is 4.05. The molecule has 0 fully saturated rings. The summed E-state index contributed by atoms with van der Waals surface area (Å²) in [6, 6.07) is 15.7. The van der Waals surface area contributed by atoms with Gasteiger partial charge in [0, 0.05) is 11.7 Å². The average molecular weight is 294 g/mol. The summed E-state index contributed by atoms with van der Waals surface area (Å²) in [6.07, 6.45) is 3.41. The number of phenolic OH excluding ortho intramolecular Hbond substituents is 1. The van der Waals surface area contributed by atoms with Crippen molar-refractivity contribution < 1.29 is 5.11 Å². The summed E-state index contributed by atoms with van der Waals surface area (Å²) >= 11 is 0. The molecule has 1 heterocycles. The fourth-order valence-corrected chi connectivity index (χ4v) is 2.40. The van der Waals surface area contributed by atoms with Gasteiger partial charge in [-0.25, -0.2) is 0 Å². The maximum absolute atomic E-state index is 9.57. The molecule has 0 bridgehead atoms. The number of aromatic hydroxyl groups is 1. The Morgan fingerprint density at radius 2 is 1.86 bits per heavy atom. The van der Waals surface area contributed by atoms with Gasteiger partial charge in [0.1, 0.15) is 18.4 Å². The van der Waals surface area contributed by atoms with E-state index in [1.165, 1.54) is 5.56 Å². The minimum atomic E-state index is 0.109. The maximum atomic E-state index is 9.57. The van der Waals surface area contributed by atoms with E-state index in [-0.39, 0.29) is 11.8 Å². The van der Waals surface area contributed by atoms with Gasteiger partial charge in [0.05, 0.1) is 6.54 Å². The molecule has 22 heavy (non-hydrogen) atoms. The lowest BCUT2D eigenvalue weighted by Gasteiger charge is -2.16. The minimum Gasteiger partial charge on any atom is -0.508 e. The highest BCUT2D eigenvalue weighted by Crippen LogP contribution is 2.22. The molecule has 112 valence electrons. The molecule has 0 aliphatic carbocycles. The van der Waals surface area contributed by atoms with Gasteiger partial charge in [0.15, 0.2) is 0 Å². The predicted octanol–water partition coefficient (Wildman–Crippen LogP) is 3.21. The third-order valence-corrected chi connectivity index (χ3v) is 3.51. The van der Waals surface area contributed by atoms with Gasteiger partial charge in [0.2, 0.25) is 0 Å². The van der Waals surface area contributed by atoms with Crippen molar-refractivity contribution in [2.75, 3.05) is 5.32 Å². The van der Waals surface area contributed by atoms with Crippen LogP contribution in [-0.2, 0) is 6.54 Å². The first-order valence-electron chi connectivity index (χ1n) is 7.17. The zero-order chi connectivity index (χ0) is 15.4. The molecule has 0 saturated carbocycles. The van der Waals surface area contributed by atoms with Gasteiger partial charge in [0.25, 0.3) is 0 Å². The molecule has 2 N–H and O–H groups in total. The maximum Gasteiger partial charge on any atom is 0.119 e. The van der Waals surface area contributed by atoms with Crippen molar-refractivity contribution in [1.29, 1.82) is 0 Å². The molecule has 0 aliphatic rings. The van der Waals surface area contributed by atoms with Crippen LogP contribution in [0.4, 0.5) is 5.69 Å². The van der Waals surface area contributed by atoms with Gasteiger partial charge >= 0.3 is 0 Å². The highest BCUT2D eigenvalue weighted by atomic mass is 16.3. The van der Waals surface area contributed by atoms with Gasteiger partial charge in [-0.3, -0.25) is 0 Å². The molecule has 5 nitrogen and oxygen atoms in total. The van der Waals surface area contributed by atoms with E-state index in [2.05, 4.69) is 34.6 Å². The molecule has 0 spiro atoms. The molecule has 2 aromatic carbocycles. The van der Waals surface area contributed by atoms with Crippen molar-refractivity contribution in [3.05, 3.63) is 72.3 Å². The smallest absolute Gasteiger partial charge is 0.119 e. The number of hydrogen-bond donors (Lipinski definition) is 2. The number of nitrogens with zero attached hydrogens (tertiary/aromatic N) is 3. The van der Waals surface area contributed by atoms with Crippen LogP contribution in [0.2, 0.25) is 0 Å². The molecular formula is C17H18N4O. The summed E-state index contributed by atoms with van der Waals surface area (Å²) in [5, 5.41) is 20.6. The van der Waals surface area contributed by atoms with E-state index < -0.39 is 0 Å². The highest BCUT2D eigenvalue weighted by molar-refractivity contribution is 5.48. The van der Waals surface area contributed by atoms with Crippen molar-refractivity contribution in [1.82, 2.24) is 14.8 Å². The molecule has 1 aromatic heterocycles. The van der Waals surface area contributed by atoms with E-state index in [1.54, 1.807) is 24.8 Å². The van der Waals surface area contributed by atoms with E-state index in [1.807, 2.05) is 28.8 Å². The van der Waals surface area contributed by atoms with Crippen LogP contribution in [0, 0.1) is 0 Å². The number of benzene rings is 2. The molecule has 5 heteroatoms. The Balaban J connectivity index is 1.72. The minimum absolute atomic E-state index is 0.109. The normalized spacial score (nSPS) is 12.0. The van der Waals surface area contributed by atoms with Crippen LogP contribution in [0.3, 0.4) is 0 Å². The number of anilines is 1. The molecule has 0 unspecified atom stereocenters. The molecular weight excluding hydrogens is 276 g/mol. The van der Waals surface area contributed by atoms with Crippen molar-refractivity contribution in [2.24, 2.45) is 0 Å². The summed E-state index contributed by atoms with van der Waals surface area (Å²) < 4.78 is 1.93. The van der Waals surface area contributed by atoms with Crippen LogP contribution < -0.4 is 5.32 Å². The average Bonchev–Trinajstić information content (AvgIpc) is 3.00. The Hall–Kier alpha value is -2.82. The summed E-state index contributed by atoms with van der Waals surface area (Å²) in [7, 11) is 0. The van der Waals surface area contributed by atoms with Gasteiger partial charge in [-0.05, 0) is 42.3 Å². The first kappa shape index (κ1) is 14.1. The van der Waals surface area contributed by atoms with Gasteiger partial charge in [-0.1, -0.05) is 24.3 Å². The number of hydrogen-bond acceptors (Lipinski definition) is 4. The third-order valence-electron chi connectivity index (χ3n) is 3.51. The van der Waals surface area contributed by atoms with Crippen molar-refractivity contribution in [2.45, 2.75) is 19.5 Å². The molecule has 0 saturated heterocycles. The molecule has 0 radical (unpaired) electrons. The molecule has 3 aromatic rings. The van der Waals surface area contributed by atoms with E-state index in [9.17, 15) is 5.11 Å². The number of phenols is 1. The second-order valence-corrected chi connectivity index (χ2v) is 5.30. The van der Waals surface area contributed by atoms with E-state index in [0.29, 0.717) is 0 Å². The molecule has 1 atom stereocenters. The van der Waals surface area contributed by atoms with Gasteiger partial charge in [-0.2, -0.15) is 0 Å². The van der Waals surface area contributed by atoms with Crippen LogP contribution >= 0.6 is 0 Å². The standard InChI is InChI=1S/C17H18N4O/c1-13(15-5-3-7-17(22)9-15)20-16-6-2-4-14(8-16)10-21-11-18-19-12-21/h2-9,11-13,20,22H,10H2,1H3/t13-/m1/s1. The van der Waals surface area contributed by atoms with E-state index >= 15 is 0 Å². The highest BCUT2D eigenvalue weighted by Gasteiger charge is 2.06. The Labute approximate surface area is 129 Å². The number of rotatable bonds is 5. The van der Waals surface area contributed by atoms with E-state index in [4.69, 9.17) is 0 Å². The number of nitrogens with one attached hydrogen (secondary N) is 1. The van der Waals surface area contributed by atoms with Crippen LogP contribution in [0.15, 0.2) is 61.2 Å². The van der Waals surface area contributed by atoms with Crippen LogP contribution in [0.5, 0.6) is 5.75 Å². The second kappa shape index (κ2) is 6.30. The van der Waals surface area contributed by atoms with E-state index in [0.717, 1.165) is 17.8 Å².